The smallest absolute Gasteiger partial charge is 0.156 e. The predicted octanol–water partition coefficient (Wildman–Crippen LogP) is 2.50. The molecule has 0 saturated carbocycles. The van der Waals surface area contributed by atoms with Gasteiger partial charge in [-0.25, -0.2) is 4.98 Å². The van der Waals surface area contributed by atoms with Gasteiger partial charge in [0.15, 0.2) is 5.82 Å². The van der Waals surface area contributed by atoms with Crippen molar-refractivity contribution in [3.05, 3.63) is 17.7 Å². The molecule has 3 nitrogen and oxygen atoms in total. The topological polar surface area (TPSA) is 38.7 Å². The Bertz CT molecular complexity index is 233. The van der Waals surface area contributed by atoms with E-state index in [0.717, 1.165) is 11.5 Å². The summed E-state index contributed by atoms with van der Waals surface area (Å²) in [5.74, 6) is 0.795. The summed E-state index contributed by atoms with van der Waals surface area (Å²) in [7, 11) is 0. The number of hydrogen-bond acceptors (Lipinski definition) is 3. The SMILES string of the molecule is CC.Cc1cnc(C(C)(C)C)nn1. The summed E-state index contributed by atoms with van der Waals surface area (Å²) in [4.78, 5) is 4.18. The van der Waals surface area contributed by atoms with E-state index in [4.69, 9.17) is 0 Å². The first-order chi connectivity index (χ1) is 6.00. The van der Waals surface area contributed by atoms with E-state index < -0.39 is 0 Å². The first-order valence-electron chi connectivity index (χ1n) is 4.67. The van der Waals surface area contributed by atoms with E-state index >= 15 is 0 Å². The van der Waals surface area contributed by atoms with Crippen LogP contribution in [0.3, 0.4) is 0 Å². The summed E-state index contributed by atoms with van der Waals surface area (Å²) < 4.78 is 0. The molecule has 0 spiro atoms. The molecule has 0 bridgehead atoms. The Labute approximate surface area is 80.6 Å². The van der Waals surface area contributed by atoms with Gasteiger partial charge in [-0.1, -0.05) is 34.6 Å². The fraction of sp³-hybridized carbons (Fsp3) is 0.700. The summed E-state index contributed by atoms with van der Waals surface area (Å²) in [6.07, 6.45) is 1.74. The normalized spacial score (nSPS) is 10.3. The maximum atomic E-state index is 4.18. The van der Waals surface area contributed by atoms with Crippen molar-refractivity contribution in [2.45, 2.75) is 47.0 Å². The van der Waals surface area contributed by atoms with Crippen LogP contribution in [0.25, 0.3) is 0 Å². The molecule has 0 radical (unpaired) electrons. The Morgan fingerprint density at radius 1 is 1.08 bits per heavy atom. The Kier molecular flexibility index (Phi) is 4.52. The highest BCUT2D eigenvalue weighted by molar-refractivity contribution is 5.00. The highest BCUT2D eigenvalue weighted by atomic mass is 15.2. The summed E-state index contributed by atoms with van der Waals surface area (Å²) >= 11 is 0. The van der Waals surface area contributed by atoms with Gasteiger partial charge in [0.05, 0.1) is 11.9 Å². The second-order valence-electron chi connectivity index (χ2n) is 3.67. The molecule has 0 aromatic carbocycles. The van der Waals surface area contributed by atoms with E-state index in [9.17, 15) is 0 Å². The minimum Gasteiger partial charge on any atom is -0.237 e. The van der Waals surface area contributed by atoms with Gasteiger partial charge < -0.3 is 0 Å². The van der Waals surface area contributed by atoms with Gasteiger partial charge in [0, 0.05) is 5.41 Å². The molecular weight excluding hydrogens is 162 g/mol. The van der Waals surface area contributed by atoms with Crippen molar-refractivity contribution in [3.8, 4) is 0 Å². The molecule has 13 heavy (non-hydrogen) atoms. The van der Waals surface area contributed by atoms with Crippen LogP contribution in [0.4, 0.5) is 0 Å². The van der Waals surface area contributed by atoms with Crippen molar-refractivity contribution in [2.24, 2.45) is 0 Å². The number of nitrogens with zero attached hydrogens (tertiary/aromatic N) is 3. The molecule has 1 aromatic heterocycles. The van der Waals surface area contributed by atoms with Crippen LogP contribution in [0.5, 0.6) is 0 Å². The van der Waals surface area contributed by atoms with Crippen LogP contribution in [-0.2, 0) is 5.41 Å². The van der Waals surface area contributed by atoms with E-state index in [2.05, 4.69) is 36.0 Å². The van der Waals surface area contributed by atoms with E-state index in [1.165, 1.54) is 0 Å². The third-order valence-electron chi connectivity index (χ3n) is 1.35. The lowest BCUT2D eigenvalue weighted by Gasteiger charge is -2.14. The van der Waals surface area contributed by atoms with Gasteiger partial charge >= 0.3 is 0 Å². The number of aromatic nitrogens is 3. The Balaban J connectivity index is 0.000000671. The third kappa shape index (κ3) is 3.97. The minimum absolute atomic E-state index is 0.000694. The highest BCUT2D eigenvalue weighted by Gasteiger charge is 2.16. The van der Waals surface area contributed by atoms with E-state index in [0.29, 0.717) is 0 Å². The summed E-state index contributed by atoms with van der Waals surface area (Å²) in [5.41, 5.74) is 0.860. The van der Waals surface area contributed by atoms with Gasteiger partial charge in [-0.3, -0.25) is 0 Å². The summed E-state index contributed by atoms with van der Waals surface area (Å²) in [6, 6.07) is 0. The van der Waals surface area contributed by atoms with Gasteiger partial charge in [0.1, 0.15) is 0 Å². The van der Waals surface area contributed by atoms with Gasteiger partial charge in [-0.2, -0.15) is 5.10 Å². The average molecular weight is 181 g/mol. The van der Waals surface area contributed by atoms with Crippen LogP contribution in [0.1, 0.15) is 46.1 Å². The molecule has 1 aromatic rings. The standard InChI is InChI=1S/C8H13N3.C2H6/c1-6-5-9-7(11-10-6)8(2,3)4;1-2/h5H,1-4H3;1-2H3. The molecular formula is C10H19N3. The van der Waals surface area contributed by atoms with Gasteiger partial charge in [-0.05, 0) is 6.92 Å². The minimum atomic E-state index is 0.000694. The molecule has 0 aliphatic carbocycles. The molecule has 0 aliphatic heterocycles. The van der Waals surface area contributed by atoms with Crippen molar-refractivity contribution in [1.82, 2.24) is 15.2 Å². The monoisotopic (exact) mass is 181 g/mol. The molecule has 0 unspecified atom stereocenters. The van der Waals surface area contributed by atoms with Gasteiger partial charge in [-0.15, -0.1) is 5.10 Å². The highest BCUT2D eigenvalue weighted by Crippen LogP contribution is 2.15. The fourth-order valence-electron chi connectivity index (χ4n) is 0.676. The fourth-order valence-corrected chi connectivity index (χ4v) is 0.676. The number of rotatable bonds is 0. The third-order valence-corrected chi connectivity index (χ3v) is 1.35. The van der Waals surface area contributed by atoms with E-state index in [-0.39, 0.29) is 5.41 Å². The first-order valence-corrected chi connectivity index (χ1v) is 4.67. The molecule has 0 amide bonds. The van der Waals surface area contributed by atoms with Crippen molar-refractivity contribution in [1.29, 1.82) is 0 Å². The van der Waals surface area contributed by atoms with Gasteiger partial charge in [0.25, 0.3) is 0 Å². The molecule has 3 heteroatoms. The largest absolute Gasteiger partial charge is 0.237 e. The van der Waals surface area contributed by atoms with Crippen LogP contribution in [-0.4, -0.2) is 15.2 Å². The molecule has 0 aliphatic rings. The number of hydrogen-bond donors (Lipinski definition) is 0. The summed E-state index contributed by atoms with van der Waals surface area (Å²) in [6.45, 7) is 12.1. The molecule has 1 rings (SSSR count). The Hall–Kier alpha value is -0.990. The second-order valence-corrected chi connectivity index (χ2v) is 3.67. The zero-order chi connectivity index (χ0) is 10.5. The molecule has 74 valence electrons. The first kappa shape index (κ1) is 12.0. The zero-order valence-corrected chi connectivity index (χ0v) is 9.42. The van der Waals surface area contributed by atoms with Crippen molar-refractivity contribution >= 4 is 0 Å². The second kappa shape index (κ2) is 4.90. The predicted molar refractivity (Wildman–Crippen MR) is 54.6 cm³/mol. The van der Waals surface area contributed by atoms with E-state index in [1.807, 2.05) is 20.8 Å². The maximum absolute atomic E-state index is 4.18. The summed E-state index contributed by atoms with van der Waals surface area (Å²) in [5, 5.41) is 7.92. The molecule has 0 atom stereocenters. The van der Waals surface area contributed by atoms with Crippen LogP contribution in [0.15, 0.2) is 6.20 Å². The molecule has 0 fully saturated rings. The zero-order valence-electron chi connectivity index (χ0n) is 9.42. The Morgan fingerprint density at radius 2 is 1.62 bits per heavy atom. The maximum Gasteiger partial charge on any atom is 0.156 e. The molecule has 0 N–H and O–H groups in total. The quantitative estimate of drug-likeness (QED) is 0.617. The van der Waals surface area contributed by atoms with Crippen molar-refractivity contribution in [2.75, 3.05) is 0 Å². The van der Waals surface area contributed by atoms with Crippen LogP contribution in [0.2, 0.25) is 0 Å². The van der Waals surface area contributed by atoms with Crippen molar-refractivity contribution < 1.29 is 0 Å². The lowest BCUT2D eigenvalue weighted by Crippen LogP contribution is -2.16. The Morgan fingerprint density at radius 3 is 1.92 bits per heavy atom. The molecule has 0 saturated heterocycles. The van der Waals surface area contributed by atoms with Crippen LogP contribution in [0, 0.1) is 6.92 Å². The number of aryl methyl sites for hydroxylation is 1. The molecule has 1 heterocycles. The van der Waals surface area contributed by atoms with Crippen molar-refractivity contribution in [3.63, 3.8) is 0 Å². The lowest BCUT2D eigenvalue weighted by molar-refractivity contribution is 0.531. The van der Waals surface area contributed by atoms with Crippen LogP contribution >= 0.6 is 0 Å². The lowest BCUT2D eigenvalue weighted by atomic mass is 9.96. The van der Waals surface area contributed by atoms with Gasteiger partial charge in [0.2, 0.25) is 0 Å². The van der Waals surface area contributed by atoms with Crippen LogP contribution < -0.4 is 0 Å². The average Bonchev–Trinajstić information content (AvgIpc) is 2.07. The van der Waals surface area contributed by atoms with E-state index in [1.54, 1.807) is 6.20 Å².